The lowest BCUT2D eigenvalue weighted by Crippen LogP contribution is -2.53. The summed E-state index contributed by atoms with van der Waals surface area (Å²) in [6.45, 7) is 2.13. The average molecular weight is 689 g/mol. The third kappa shape index (κ3) is 6.65. The molecule has 1 heterocycles. The number of quaternary nitrogens is 1. The average Bonchev–Trinajstić information content (AvgIpc) is 3.06. The number of aliphatic hydroxyl groups excluding tert-OH is 3. The second-order valence-corrected chi connectivity index (χ2v) is 13.4. The SMILES string of the molecule is COc1cccc2c1C(=O)c1c(O)c3c(c(O)c1C2=O)C[C@](OC)(/C(CO)=N/OCC[N+](C)(C)CCO)C[C@@H]3O[C@H]1C[C@H](N)[C@H](O)[C@H](C)O1. The Morgan fingerprint density at radius 1 is 1.08 bits per heavy atom. The molecule has 0 bridgehead atoms. The number of carbonyl (C=O) groups is 2. The van der Waals surface area contributed by atoms with Crippen molar-refractivity contribution in [2.24, 2.45) is 10.9 Å². The number of aliphatic hydroxyl groups is 3. The fourth-order valence-corrected chi connectivity index (χ4v) is 6.92. The molecule has 0 saturated carbocycles. The molecule has 7 N–H and O–H groups in total. The summed E-state index contributed by atoms with van der Waals surface area (Å²) in [6, 6.07) is 3.81. The monoisotopic (exact) mass is 688 g/mol. The number of ketones is 2. The summed E-state index contributed by atoms with van der Waals surface area (Å²) in [4.78, 5) is 33.5. The summed E-state index contributed by atoms with van der Waals surface area (Å²) >= 11 is 0. The minimum Gasteiger partial charge on any atom is -0.507 e. The van der Waals surface area contributed by atoms with Gasteiger partial charge in [0.15, 0.2) is 18.7 Å². The van der Waals surface area contributed by atoms with Gasteiger partial charge in [0.1, 0.15) is 41.7 Å². The van der Waals surface area contributed by atoms with Gasteiger partial charge < -0.3 is 59.5 Å². The highest BCUT2D eigenvalue weighted by Crippen LogP contribution is 2.53. The third-order valence-corrected chi connectivity index (χ3v) is 9.86. The summed E-state index contributed by atoms with van der Waals surface area (Å²) in [5.74, 6) is -2.42. The molecule has 0 radical (unpaired) electrons. The first-order valence-corrected chi connectivity index (χ1v) is 16.1. The van der Waals surface area contributed by atoms with Gasteiger partial charge in [-0.05, 0) is 13.0 Å². The maximum Gasteiger partial charge on any atom is 0.202 e. The van der Waals surface area contributed by atoms with E-state index in [0.717, 1.165) is 0 Å². The number of aromatic hydroxyl groups is 2. The Morgan fingerprint density at radius 2 is 1.80 bits per heavy atom. The normalized spacial score (nSPS) is 27.0. The van der Waals surface area contributed by atoms with Crippen LogP contribution >= 0.6 is 0 Å². The second-order valence-electron chi connectivity index (χ2n) is 13.4. The summed E-state index contributed by atoms with van der Waals surface area (Å²) < 4.78 is 24.2. The molecule has 2 aromatic rings. The number of hydrogen-bond acceptors (Lipinski definition) is 14. The molecule has 268 valence electrons. The molecule has 2 aliphatic carbocycles. The maximum atomic E-state index is 14.0. The number of hydrogen-bond donors (Lipinski definition) is 6. The van der Waals surface area contributed by atoms with Crippen molar-refractivity contribution in [2.75, 3.05) is 61.2 Å². The summed E-state index contributed by atoms with van der Waals surface area (Å²) in [5, 5.41) is 58.3. The first-order valence-electron chi connectivity index (χ1n) is 16.1. The minimum atomic E-state index is -1.50. The number of benzene rings is 2. The Hall–Kier alpha value is -3.67. The number of likely N-dealkylation sites (N-methyl/N-ethyl adjacent to an activating group) is 1. The van der Waals surface area contributed by atoms with Crippen LogP contribution in [0.2, 0.25) is 0 Å². The Labute approximate surface area is 284 Å². The van der Waals surface area contributed by atoms with E-state index in [0.29, 0.717) is 17.6 Å². The smallest absolute Gasteiger partial charge is 0.202 e. The molecule has 49 heavy (non-hydrogen) atoms. The highest BCUT2D eigenvalue weighted by molar-refractivity contribution is 6.31. The molecule has 0 amide bonds. The molecule has 2 aromatic carbocycles. The van der Waals surface area contributed by atoms with E-state index < -0.39 is 71.5 Å². The van der Waals surface area contributed by atoms with Crippen molar-refractivity contribution in [2.45, 2.75) is 62.4 Å². The molecular weight excluding hydrogens is 642 g/mol. The van der Waals surface area contributed by atoms with Crippen molar-refractivity contribution in [3.05, 3.63) is 51.6 Å². The number of fused-ring (bicyclic) bond motifs is 3. The van der Waals surface area contributed by atoms with E-state index in [9.17, 15) is 35.1 Å². The molecule has 15 heteroatoms. The largest absolute Gasteiger partial charge is 0.507 e. The van der Waals surface area contributed by atoms with Crippen molar-refractivity contribution in [3.63, 3.8) is 0 Å². The van der Waals surface area contributed by atoms with Crippen LogP contribution in [0, 0.1) is 0 Å². The molecule has 1 fully saturated rings. The predicted octanol–water partition coefficient (Wildman–Crippen LogP) is 0.528. The Balaban J connectivity index is 1.63. The van der Waals surface area contributed by atoms with E-state index in [1.165, 1.54) is 26.4 Å². The van der Waals surface area contributed by atoms with E-state index in [4.69, 9.17) is 29.5 Å². The van der Waals surface area contributed by atoms with Crippen LogP contribution in [-0.4, -0.2) is 139 Å². The molecule has 0 aromatic heterocycles. The number of methoxy groups -OCH3 is 2. The van der Waals surface area contributed by atoms with Gasteiger partial charge in [0.05, 0.1) is 69.4 Å². The number of phenolic OH excluding ortho intramolecular Hbond substituents is 2. The van der Waals surface area contributed by atoms with Crippen LogP contribution in [-0.2, 0) is 25.5 Å². The Morgan fingerprint density at radius 3 is 2.43 bits per heavy atom. The molecule has 15 nitrogen and oxygen atoms in total. The van der Waals surface area contributed by atoms with Gasteiger partial charge in [-0.3, -0.25) is 9.59 Å². The van der Waals surface area contributed by atoms with Gasteiger partial charge in [0.2, 0.25) is 5.78 Å². The van der Waals surface area contributed by atoms with Crippen LogP contribution in [0.4, 0.5) is 0 Å². The van der Waals surface area contributed by atoms with E-state index in [2.05, 4.69) is 5.16 Å². The fourth-order valence-electron chi connectivity index (χ4n) is 6.92. The standard InChI is InChI=1S/C34H45N3O12/c1-17-29(40)20(35)13-24(48-17)49-22-15-34(46-5,23(16-39)36-47-12-10-37(2,3)9-11-38)14-19-26(22)33(44)28-27(31(19)42)30(41)18-7-6-8-21(45-4)25(18)32(28)43/h6-8,17,20,22,24,29,38-40H,9-16,35H2,1-5H3,(H-,41,42,43,44)/p+1/b36-23+/t17-,20-,22-,24-,29+,34+/m0/s1. The molecule has 5 rings (SSSR count). The zero-order chi connectivity index (χ0) is 35.8. The Bertz CT molecular complexity index is 1620. The summed E-state index contributed by atoms with van der Waals surface area (Å²) in [6.07, 6.45) is -4.05. The van der Waals surface area contributed by atoms with Crippen molar-refractivity contribution in [1.82, 2.24) is 0 Å². The topological polar surface area (TPSA) is 220 Å². The van der Waals surface area contributed by atoms with Crippen LogP contribution in [0.3, 0.4) is 0 Å². The van der Waals surface area contributed by atoms with E-state index in [1.807, 2.05) is 14.1 Å². The second kappa shape index (κ2) is 14.3. The van der Waals surface area contributed by atoms with Crippen molar-refractivity contribution in [1.29, 1.82) is 0 Å². The number of rotatable bonds is 12. The van der Waals surface area contributed by atoms with Gasteiger partial charge in [0.25, 0.3) is 0 Å². The number of ether oxygens (including phenoxy) is 4. The quantitative estimate of drug-likeness (QED) is 0.0504. The van der Waals surface area contributed by atoms with Crippen LogP contribution in [0.5, 0.6) is 17.2 Å². The van der Waals surface area contributed by atoms with E-state index in [-0.39, 0.29) is 71.8 Å². The van der Waals surface area contributed by atoms with Crippen molar-refractivity contribution in [3.8, 4) is 17.2 Å². The highest BCUT2D eigenvalue weighted by atomic mass is 16.7. The van der Waals surface area contributed by atoms with Crippen LogP contribution in [0.1, 0.15) is 68.8 Å². The number of carbonyl (C=O) groups excluding carboxylic acids is 2. The molecule has 6 atom stereocenters. The highest BCUT2D eigenvalue weighted by Gasteiger charge is 2.51. The first kappa shape index (κ1) is 36.6. The number of nitrogens with zero attached hydrogens (tertiary/aromatic N) is 2. The number of nitrogens with two attached hydrogens (primary N) is 1. The first-order chi connectivity index (χ1) is 23.2. The zero-order valence-electron chi connectivity index (χ0n) is 28.3. The summed E-state index contributed by atoms with van der Waals surface area (Å²) in [7, 11) is 6.57. The van der Waals surface area contributed by atoms with Crippen LogP contribution in [0.25, 0.3) is 0 Å². The predicted molar refractivity (Wildman–Crippen MR) is 174 cm³/mol. The van der Waals surface area contributed by atoms with Crippen molar-refractivity contribution < 1.29 is 63.4 Å². The van der Waals surface area contributed by atoms with Gasteiger partial charge in [0, 0.05) is 49.1 Å². The third-order valence-electron chi connectivity index (χ3n) is 9.86. The lowest BCUT2D eigenvalue weighted by molar-refractivity contribution is -0.891. The maximum absolute atomic E-state index is 14.0. The van der Waals surface area contributed by atoms with E-state index in [1.54, 1.807) is 13.0 Å². The Kier molecular flexibility index (Phi) is 10.7. The van der Waals surface area contributed by atoms with Crippen LogP contribution in [0.15, 0.2) is 23.4 Å². The van der Waals surface area contributed by atoms with Gasteiger partial charge in [-0.25, -0.2) is 0 Å². The lowest BCUT2D eigenvalue weighted by atomic mass is 9.71. The van der Waals surface area contributed by atoms with Gasteiger partial charge in [-0.15, -0.1) is 0 Å². The molecular formula is C34H46N3O12+. The van der Waals surface area contributed by atoms with Gasteiger partial charge in [-0.1, -0.05) is 17.3 Å². The van der Waals surface area contributed by atoms with Crippen molar-refractivity contribution >= 4 is 17.3 Å². The lowest BCUT2D eigenvalue weighted by Gasteiger charge is -2.44. The van der Waals surface area contributed by atoms with Gasteiger partial charge in [-0.2, -0.15) is 0 Å². The molecule has 3 aliphatic rings. The minimum absolute atomic E-state index is 0.00112. The zero-order valence-corrected chi connectivity index (χ0v) is 28.3. The van der Waals surface area contributed by atoms with E-state index >= 15 is 0 Å². The molecule has 1 aliphatic heterocycles. The number of oxime groups is 1. The molecule has 0 unspecified atom stereocenters. The fraction of sp³-hybridized carbons (Fsp3) is 0.559. The van der Waals surface area contributed by atoms with Gasteiger partial charge >= 0.3 is 0 Å². The number of phenols is 2. The molecule has 0 spiro atoms. The molecule has 1 saturated heterocycles. The van der Waals surface area contributed by atoms with Crippen LogP contribution < -0.4 is 10.5 Å². The summed E-state index contributed by atoms with van der Waals surface area (Å²) in [5.41, 5.74) is 3.96.